The molecule has 0 unspecified atom stereocenters. The predicted octanol–water partition coefficient (Wildman–Crippen LogP) is 2.00. The van der Waals surface area contributed by atoms with Gasteiger partial charge >= 0.3 is 0 Å². The number of amides is 1. The van der Waals surface area contributed by atoms with Crippen LogP contribution in [-0.2, 0) is 0 Å². The van der Waals surface area contributed by atoms with E-state index in [-0.39, 0.29) is 17.5 Å². The highest BCUT2D eigenvalue weighted by Crippen LogP contribution is 2.34. The first kappa shape index (κ1) is 17.2. The van der Waals surface area contributed by atoms with Crippen molar-refractivity contribution in [3.8, 4) is 6.07 Å². The molecule has 9 heteroatoms. The zero-order valence-electron chi connectivity index (χ0n) is 13.3. The molecule has 1 saturated carbocycles. The number of nitrogens with zero attached hydrogens (tertiary/aromatic N) is 4. The topological polar surface area (TPSA) is 130 Å². The molecule has 2 heterocycles. The van der Waals surface area contributed by atoms with E-state index in [2.05, 4.69) is 21.5 Å². The number of nitrogens with one attached hydrogen (secondary N) is 1. The van der Waals surface area contributed by atoms with Crippen molar-refractivity contribution >= 4 is 29.0 Å². The van der Waals surface area contributed by atoms with Crippen LogP contribution in [0.15, 0.2) is 24.5 Å². The van der Waals surface area contributed by atoms with E-state index >= 15 is 0 Å². The molecule has 3 rings (SSSR count). The largest absolute Gasteiger partial charge is 0.393 e. The lowest BCUT2D eigenvalue weighted by atomic mass is 9.84. The van der Waals surface area contributed by atoms with Crippen LogP contribution in [-0.4, -0.2) is 31.9 Å². The van der Waals surface area contributed by atoms with Gasteiger partial charge in [0.1, 0.15) is 10.7 Å². The second-order valence-electron chi connectivity index (χ2n) is 6.00. The lowest BCUT2D eigenvalue weighted by molar-refractivity contribution is 0.0861. The summed E-state index contributed by atoms with van der Waals surface area (Å²) in [7, 11) is 0. The second kappa shape index (κ2) is 7.09. The molecule has 3 atom stereocenters. The molecule has 1 aliphatic carbocycles. The number of aromatic nitrogens is 3. The van der Waals surface area contributed by atoms with Gasteiger partial charge in [-0.3, -0.25) is 9.48 Å². The second-order valence-corrected chi connectivity index (χ2v) is 6.39. The molecule has 0 spiro atoms. The number of nitrogens with two attached hydrogens (primary N) is 1. The number of hydrogen-bond acceptors (Lipinski definition) is 6. The minimum atomic E-state index is -0.625. The van der Waals surface area contributed by atoms with Crippen LogP contribution < -0.4 is 11.1 Å². The lowest BCUT2D eigenvalue weighted by Gasteiger charge is -2.30. The van der Waals surface area contributed by atoms with Crippen LogP contribution in [0.25, 0.3) is 0 Å². The number of primary amides is 1. The van der Waals surface area contributed by atoms with Crippen LogP contribution >= 0.6 is 11.6 Å². The number of carbonyl (C=O) groups excluding carboxylic acids is 1. The Bertz CT molecular complexity index is 813. The minimum Gasteiger partial charge on any atom is -0.393 e. The summed E-state index contributed by atoms with van der Waals surface area (Å²) in [6, 6.07) is 5.31. The summed E-state index contributed by atoms with van der Waals surface area (Å²) in [6.45, 7) is 0. The first-order valence-electron chi connectivity index (χ1n) is 7.83. The van der Waals surface area contributed by atoms with Crippen molar-refractivity contribution in [2.24, 2.45) is 11.7 Å². The monoisotopic (exact) mass is 360 g/mol. The fraction of sp³-hybridized carbons (Fsp3) is 0.375. The zero-order valence-corrected chi connectivity index (χ0v) is 14.0. The summed E-state index contributed by atoms with van der Waals surface area (Å²) in [6.07, 6.45) is 4.14. The predicted molar refractivity (Wildman–Crippen MR) is 91.3 cm³/mol. The highest BCUT2D eigenvalue weighted by Gasteiger charge is 2.32. The third kappa shape index (κ3) is 3.73. The molecule has 130 valence electrons. The van der Waals surface area contributed by atoms with E-state index in [4.69, 9.17) is 17.3 Å². The summed E-state index contributed by atoms with van der Waals surface area (Å²) in [5.41, 5.74) is 6.28. The summed E-state index contributed by atoms with van der Waals surface area (Å²) in [5.74, 6) is -0.714. The molecule has 0 aliphatic heterocycles. The van der Waals surface area contributed by atoms with Gasteiger partial charge in [-0.2, -0.15) is 10.4 Å². The molecule has 0 bridgehead atoms. The fourth-order valence-corrected chi connectivity index (χ4v) is 3.12. The summed E-state index contributed by atoms with van der Waals surface area (Å²) in [4.78, 5) is 15.7. The maximum Gasteiger partial charge on any atom is 0.254 e. The summed E-state index contributed by atoms with van der Waals surface area (Å²) < 4.78 is 1.59. The van der Waals surface area contributed by atoms with Gasteiger partial charge in [-0.05, 0) is 31.4 Å². The van der Waals surface area contributed by atoms with E-state index in [1.807, 2.05) is 0 Å². The summed E-state index contributed by atoms with van der Waals surface area (Å²) in [5, 5.41) is 26.9. The smallest absolute Gasteiger partial charge is 0.254 e. The number of anilines is 2. The number of halogens is 1. The van der Waals surface area contributed by atoms with Crippen LogP contribution in [0.3, 0.4) is 0 Å². The van der Waals surface area contributed by atoms with Crippen molar-refractivity contribution in [3.05, 3.63) is 35.2 Å². The molecule has 25 heavy (non-hydrogen) atoms. The third-order valence-corrected chi connectivity index (χ3v) is 4.50. The number of hydrogen-bond donors (Lipinski definition) is 3. The average molecular weight is 361 g/mol. The number of carbonyl (C=O) groups is 1. The SMILES string of the molecule is N#C[C@H]1C[C@@H](O)CC[C@@H]1n1cc(C(N)=O)c(Nc2ccc(Cl)nc2)n1. The Morgan fingerprint density at radius 2 is 2.28 bits per heavy atom. The summed E-state index contributed by atoms with van der Waals surface area (Å²) >= 11 is 5.76. The molecule has 2 aromatic rings. The Balaban J connectivity index is 1.90. The maximum absolute atomic E-state index is 11.8. The molecule has 4 N–H and O–H groups in total. The van der Waals surface area contributed by atoms with Gasteiger partial charge in [-0.1, -0.05) is 11.6 Å². The normalized spacial score (nSPS) is 23.0. The molecular weight excluding hydrogens is 344 g/mol. The van der Waals surface area contributed by atoms with Crippen LogP contribution in [0.5, 0.6) is 0 Å². The Morgan fingerprint density at radius 3 is 2.92 bits per heavy atom. The number of nitriles is 1. The van der Waals surface area contributed by atoms with E-state index < -0.39 is 12.0 Å². The number of aliphatic hydroxyl groups is 1. The van der Waals surface area contributed by atoms with Gasteiger partial charge in [0.2, 0.25) is 0 Å². The van der Waals surface area contributed by atoms with E-state index in [1.54, 1.807) is 23.0 Å². The first-order chi connectivity index (χ1) is 12.0. The van der Waals surface area contributed by atoms with Gasteiger partial charge in [0.15, 0.2) is 5.82 Å². The highest BCUT2D eigenvalue weighted by molar-refractivity contribution is 6.29. The Morgan fingerprint density at radius 1 is 1.48 bits per heavy atom. The van der Waals surface area contributed by atoms with E-state index in [0.717, 1.165) is 0 Å². The molecule has 8 nitrogen and oxygen atoms in total. The Kier molecular flexibility index (Phi) is 4.88. The van der Waals surface area contributed by atoms with Gasteiger partial charge in [-0.25, -0.2) is 4.98 Å². The minimum absolute atomic E-state index is 0.217. The molecule has 0 radical (unpaired) electrons. The zero-order chi connectivity index (χ0) is 18.0. The Labute approximate surface area is 149 Å². The van der Waals surface area contributed by atoms with Gasteiger partial charge < -0.3 is 16.2 Å². The van der Waals surface area contributed by atoms with Crippen molar-refractivity contribution in [3.63, 3.8) is 0 Å². The van der Waals surface area contributed by atoms with Gasteiger partial charge in [0.05, 0.1) is 36.0 Å². The molecule has 1 amide bonds. The van der Waals surface area contributed by atoms with Crippen molar-refractivity contribution < 1.29 is 9.90 Å². The van der Waals surface area contributed by atoms with Gasteiger partial charge in [-0.15, -0.1) is 0 Å². The van der Waals surface area contributed by atoms with Crippen molar-refractivity contribution in [1.82, 2.24) is 14.8 Å². The Hall–Kier alpha value is -2.63. The highest BCUT2D eigenvalue weighted by atomic mass is 35.5. The molecular formula is C16H17ClN6O2. The van der Waals surface area contributed by atoms with Crippen LogP contribution in [0, 0.1) is 17.2 Å². The molecule has 1 aliphatic rings. The molecule has 2 aromatic heterocycles. The fourth-order valence-electron chi connectivity index (χ4n) is 3.01. The van der Waals surface area contributed by atoms with E-state index in [1.165, 1.54) is 6.20 Å². The third-order valence-electron chi connectivity index (χ3n) is 4.28. The lowest BCUT2D eigenvalue weighted by Crippen LogP contribution is -2.29. The van der Waals surface area contributed by atoms with E-state index in [0.29, 0.717) is 35.9 Å². The molecule has 1 fully saturated rings. The standard InChI is InChI=1S/C16H17ClN6O2/c17-14-4-1-10(7-20-14)21-16-12(15(19)25)8-23(22-16)13-3-2-11(24)5-9(13)6-18/h1,4,7-9,11,13,24H,2-3,5H2,(H2,19,25)(H,21,22)/t9-,11+,13+/m1/s1. The van der Waals surface area contributed by atoms with Crippen molar-refractivity contribution in [1.29, 1.82) is 5.26 Å². The van der Waals surface area contributed by atoms with Crippen LogP contribution in [0.4, 0.5) is 11.5 Å². The quantitative estimate of drug-likeness (QED) is 0.715. The van der Waals surface area contributed by atoms with E-state index in [9.17, 15) is 15.2 Å². The molecule has 0 saturated heterocycles. The maximum atomic E-state index is 11.8. The van der Waals surface area contributed by atoms with Gasteiger partial charge in [0.25, 0.3) is 5.91 Å². The molecule has 0 aromatic carbocycles. The average Bonchev–Trinajstić information content (AvgIpc) is 3.00. The van der Waals surface area contributed by atoms with Crippen molar-refractivity contribution in [2.45, 2.75) is 31.4 Å². The van der Waals surface area contributed by atoms with Crippen molar-refractivity contribution in [2.75, 3.05) is 5.32 Å². The number of aliphatic hydroxyl groups excluding tert-OH is 1. The van der Waals surface area contributed by atoms with Gasteiger partial charge in [0, 0.05) is 6.20 Å². The van der Waals surface area contributed by atoms with Crippen LogP contribution in [0.1, 0.15) is 35.7 Å². The first-order valence-corrected chi connectivity index (χ1v) is 8.21. The van der Waals surface area contributed by atoms with Crippen LogP contribution in [0.2, 0.25) is 5.15 Å². The number of rotatable bonds is 4. The number of pyridine rings is 1.